The fourth-order valence-corrected chi connectivity index (χ4v) is 4.66. The summed E-state index contributed by atoms with van der Waals surface area (Å²) in [6, 6.07) is 21.7. The van der Waals surface area contributed by atoms with E-state index >= 15 is 0 Å². The second kappa shape index (κ2) is 11.0. The van der Waals surface area contributed by atoms with Gasteiger partial charge < -0.3 is 20.4 Å². The smallest absolute Gasteiger partial charge is 0.320 e. The first-order valence-corrected chi connectivity index (χ1v) is 11.8. The molecule has 8 nitrogen and oxygen atoms in total. The van der Waals surface area contributed by atoms with Gasteiger partial charge in [-0.2, -0.15) is 0 Å². The van der Waals surface area contributed by atoms with Crippen molar-refractivity contribution in [1.29, 1.82) is 0 Å². The second-order valence-corrected chi connectivity index (χ2v) is 8.83. The number of aromatic nitrogens is 1. The molecule has 3 N–H and O–H groups in total. The SMILES string of the molecule is CON=C(c1ccccc1)c1ccc2c(c1)sc(=O)n2CCOc1ccc(CC(N)C(=O)O)cc1. The van der Waals surface area contributed by atoms with Crippen molar-refractivity contribution >= 4 is 33.2 Å². The number of oxime groups is 1. The van der Waals surface area contributed by atoms with E-state index in [0.29, 0.717) is 24.6 Å². The molecule has 1 heterocycles. The van der Waals surface area contributed by atoms with E-state index in [2.05, 4.69) is 5.16 Å². The number of thiazole rings is 1. The van der Waals surface area contributed by atoms with Gasteiger partial charge in [-0.05, 0) is 36.2 Å². The molecule has 1 atom stereocenters. The molecule has 0 saturated carbocycles. The normalized spacial score (nSPS) is 12.5. The number of benzene rings is 3. The second-order valence-electron chi connectivity index (χ2n) is 7.83. The summed E-state index contributed by atoms with van der Waals surface area (Å²) in [7, 11) is 1.51. The zero-order chi connectivity index (χ0) is 24.8. The summed E-state index contributed by atoms with van der Waals surface area (Å²) in [6.45, 7) is 0.698. The van der Waals surface area contributed by atoms with Crippen molar-refractivity contribution in [2.45, 2.75) is 19.0 Å². The molecular formula is C26H25N3O5S. The van der Waals surface area contributed by atoms with E-state index in [1.807, 2.05) is 48.5 Å². The Kier molecular flexibility index (Phi) is 7.59. The molecule has 1 aromatic heterocycles. The molecule has 4 aromatic rings. The minimum atomic E-state index is -1.03. The van der Waals surface area contributed by atoms with Gasteiger partial charge in [0, 0.05) is 11.1 Å². The Morgan fingerprint density at radius 1 is 1.09 bits per heavy atom. The fraction of sp³-hybridized carbons (Fsp3) is 0.192. The number of aliphatic carboxylic acids is 1. The number of rotatable bonds is 10. The third kappa shape index (κ3) is 5.76. The number of nitrogens with zero attached hydrogens (tertiary/aromatic N) is 2. The number of carboxylic acid groups (broad SMARTS) is 1. The van der Waals surface area contributed by atoms with E-state index < -0.39 is 12.0 Å². The van der Waals surface area contributed by atoms with Crippen LogP contribution in [0.25, 0.3) is 10.2 Å². The predicted molar refractivity (Wildman–Crippen MR) is 136 cm³/mol. The molecule has 4 rings (SSSR count). The van der Waals surface area contributed by atoms with Gasteiger partial charge in [0.15, 0.2) is 0 Å². The van der Waals surface area contributed by atoms with Crippen molar-refractivity contribution < 1.29 is 19.5 Å². The number of carboxylic acids is 1. The summed E-state index contributed by atoms with van der Waals surface area (Å²) in [5.74, 6) is -0.399. The highest BCUT2D eigenvalue weighted by Gasteiger charge is 2.14. The summed E-state index contributed by atoms with van der Waals surface area (Å²) in [4.78, 5) is 28.6. The average molecular weight is 492 g/mol. The average Bonchev–Trinajstić information content (AvgIpc) is 3.18. The van der Waals surface area contributed by atoms with Crippen LogP contribution in [0, 0.1) is 0 Å². The molecule has 0 aliphatic rings. The van der Waals surface area contributed by atoms with Crippen LogP contribution in [0.15, 0.2) is 82.7 Å². The van der Waals surface area contributed by atoms with Crippen LogP contribution in [0.4, 0.5) is 0 Å². The quantitative estimate of drug-likeness (QED) is 0.259. The molecule has 0 amide bonds. The Bertz CT molecular complexity index is 1390. The fourth-order valence-electron chi connectivity index (χ4n) is 3.70. The minimum Gasteiger partial charge on any atom is -0.492 e. The standard InChI is InChI=1S/C26H25N3O5S/c1-33-28-24(18-5-3-2-4-6-18)19-9-12-22-23(16-19)35-26(32)29(22)13-14-34-20-10-7-17(8-11-20)15-21(27)25(30)31/h2-12,16,21H,13-15,27H2,1H3,(H,30,31). The highest BCUT2D eigenvalue weighted by molar-refractivity contribution is 7.16. The van der Waals surface area contributed by atoms with E-state index in [0.717, 1.165) is 26.9 Å². The van der Waals surface area contributed by atoms with Crippen LogP contribution in [0.1, 0.15) is 16.7 Å². The van der Waals surface area contributed by atoms with Crippen molar-refractivity contribution in [2.24, 2.45) is 10.9 Å². The summed E-state index contributed by atoms with van der Waals surface area (Å²) in [5.41, 5.74) is 9.69. The number of hydrogen-bond donors (Lipinski definition) is 2. The van der Waals surface area contributed by atoms with Crippen LogP contribution >= 0.6 is 11.3 Å². The molecule has 0 aliphatic heterocycles. The van der Waals surface area contributed by atoms with Crippen LogP contribution in [-0.2, 0) is 22.6 Å². The number of ether oxygens (including phenoxy) is 1. The van der Waals surface area contributed by atoms with Crippen LogP contribution < -0.4 is 15.3 Å². The molecule has 0 saturated heterocycles. The lowest BCUT2D eigenvalue weighted by Gasteiger charge is -2.10. The maximum atomic E-state index is 12.7. The van der Waals surface area contributed by atoms with E-state index in [4.69, 9.17) is 20.4 Å². The summed E-state index contributed by atoms with van der Waals surface area (Å²) >= 11 is 1.18. The molecule has 3 aromatic carbocycles. The molecule has 0 aliphatic carbocycles. The monoisotopic (exact) mass is 491 g/mol. The first-order chi connectivity index (χ1) is 17.0. The third-order valence-corrected chi connectivity index (χ3v) is 6.39. The largest absolute Gasteiger partial charge is 0.492 e. The molecule has 9 heteroatoms. The van der Waals surface area contributed by atoms with Gasteiger partial charge in [-0.3, -0.25) is 14.2 Å². The zero-order valence-corrected chi connectivity index (χ0v) is 19.9. The van der Waals surface area contributed by atoms with Gasteiger partial charge in [0.05, 0.1) is 16.8 Å². The van der Waals surface area contributed by atoms with Crippen LogP contribution in [0.2, 0.25) is 0 Å². The lowest BCUT2D eigenvalue weighted by Crippen LogP contribution is -2.32. The van der Waals surface area contributed by atoms with Crippen molar-refractivity contribution in [3.63, 3.8) is 0 Å². The van der Waals surface area contributed by atoms with Gasteiger partial charge in [-0.1, -0.05) is 65.0 Å². The Hall–Kier alpha value is -3.95. The number of carbonyl (C=O) groups is 1. The van der Waals surface area contributed by atoms with Crippen molar-refractivity contribution in [3.8, 4) is 5.75 Å². The van der Waals surface area contributed by atoms with Gasteiger partial charge in [0.25, 0.3) is 0 Å². The van der Waals surface area contributed by atoms with Crippen LogP contribution in [0.5, 0.6) is 5.75 Å². The first-order valence-electron chi connectivity index (χ1n) is 11.0. The van der Waals surface area contributed by atoms with Crippen molar-refractivity contribution in [2.75, 3.05) is 13.7 Å². The lowest BCUT2D eigenvalue weighted by atomic mass is 10.0. The Morgan fingerprint density at radius 2 is 1.83 bits per heavy atom. The van der Waals surface area contributed by atoms with Crippen LogP contribution in [0.3, 0.4) is 0 Å². The molecule has 1 unspecified atom stereocenters. The van der Waals surface area contributed by atoms with Gasteiger partial charge in [0.1, 0.15) is 31.2 Å². The van der Waals surface area contributed by atoms with E-state index in [1.54, 1.807) is 28.8 Å². The van der Waals surface area contributed by atoms with Crippen molar-refractivity contribution in [1.82, 2.24) is 4.57 Å². The molecule has 0 bridgehead atoms. The highest BCUT2D eigenvalue weighted by Crippen LogP contribution is 2.22. The topological polar surface area (TPSA) is 116 Å². The van der Waals surface area contributed by atoms with Crippen molar-refractivity contribution in [3.05, 3.63) is 99.2 Å². The molecule has 0 spiro atoms. The maximum absolute atomic E-state index is 12.7. The number of hydrogen-bond acceptors (Lipinski definition) is 7. The predicted octanol–water partition coefficient (Wildman–Crippen LogP) is 3.50. The number of fused-ring (bicyclic) bond motifs is 1. The third-order valence-electron chi connectivity index (χ3n) is 5.45. The summed E-state index contributed by atoms with van der Waals surface area (Å²) < 4.78 is 8.35. The van der Waals surface area contributed by atoms with Gasteiger partial charge in [0.2, 0.25) is 0 Å². The molecular weight excluding hydrogens is 466 g/mol. The zero-order valence-electron chi connectivity index (χ0n) is 19.1. The van der Waals surface area contributed by atoms with E-state index in [9.17, 15) is 9.59 Å². The first kappa shape index (κ1) is 24.2. The van der Waals surface area contributed by atoms with E-state index in [1.165, 1.54) is 18.4 Å². The lowest BCUT2D eigenvalue weighted by molar-refractivity contribution is -0.138. The van der Waals surface area contributed by atoms with Gasteiger partial charge >= 0.3 is 10.8 Å². The summed E-state index contributed by atoms with van der Waals surface area (Å²) in [5, 5.41) is 13.1. The number of nitrogens with two attached hydrogens (primary N) is 1. The van der Waals surface area contributed by atoms with Gasteiger partial charge in [-0.15, -0.1) is 0 Å². The van der Waals surface area contributed by atoms with Crippen LogP contribution in [-0.4, -0.2) is 41.1 Å². The van der Waals surface area contributed by atoms with Gasteiger partial charge in [-0.25, -0.2) is 0 Å². The Balaban J connectivity index is 1.46. The maximum Gasteiger partial charge on any atom is 0.320 e. The van der Waals surface area contributed by atoms with E-state index in [-0.39, 0.29) is 11.3 Å². The molecule has 35 heavy (non-hydrogen) atoms. The molecule has 0 radical (unpaired) electrons. The Labute approximate surface area is 205 Å². The molecule has 0 fully saturated rings. The highest BCUT2D eigenvalue weighted by atomic mass is 32.1. The minimum absolute atomic E-state index is 0.0660. The summed E-state index contributed by atoms with van der Waals surface area (Å²) in [6.07, 6.45) is 0.245. The molecule has 180 valence electrons. The Morgan fingerprint density at radius 3 is 2.51 bits per heavy atom.